The van der Waals surface area contributed by atoms with Gasteiger partial charge in [0.2, 0.25) is 0 Å². The van der Waals surface area contributed by atoms with E-state index in [-0.39, 0.29) is 5.56 Å². The molecule has 3 aromatic heterocycles. The molecule has 3 aromatic rings. The van der Waals surface area contributed by atoms with Gasteiger partial charge in [-0.05, 0) is 55.7 Å². The summed E-state index contributed by atoms with van der Waals surface area (Å²) < 4.78 is 1.61. The van der Waals surface area contributed by atoms with Crippen LogP contribution in [0, 0.1) is 11.8 Å². The van der Waals surface area contributed by atoms with Crippen LogP contribution in [-0.4, -0.2) is 19.5 Å². The highest BCUT2D eigenvalue weighted by Crippen LogP contribution is 2.34. The lowest BCUT2D eigenvalue weighted by Crippen LogP contribution is -2.15. The Hall–Kier alpha value is -2.53. The van der Waals surface area contributed by atoms with Gasteiger partial charge < -0.3 is 0 Å². The summed E-state index contributed by atoms with van der Waals surface area (Å²) in [6.07, 6.45) is 12.4. The lowest BCUT2D eigenvalue weighted by Gasteiger charge is -2.11. The van der Waals surface area contributed by atoms with Crippen molar-refractivity contribution < 1.29 is 0 Å². The quantitative estimate of drug-likeness (QED) is 0.674. The van der Waals surface area contributed by atoms with Gasteiger partial charge in [0.1, 0.15) is 5.82 Å². The molecule has 6 heteroatoms. The number of hydrogen-bond acceptors (Lipinski definition) is 4. The van der Waals surface area contributed by atoms with Crippen molar-refractivity contribution in [1.82, 2.24) is 19.5 Å². The minimum Gasteiger partial charge on any atom is -0.283 e. The number of hydrogen-bond donors (Lipinski definition) is 0. The van der Waals surface area contributed by atoms with Crippen LogP contribution in [0.15, 0.2) is 59.9 Å². The number of rotatable bonds is 5. The van der Waals surface area contributed by atoms with E-state index in [0.29, 0.717) is 16.9 Å². The Morgan fingerprint density at radius 1 is 0.963 bits per heavy atom. The second-order valence-electron chi connectivity index (χ2n) is 7.19. The van der Waals surface area contributed by atoms with E-state index in [4.69, 9.17) is 11.6 Å². The average molecular weight is 381 g/mol. The predicted octanol–water partition coefficient (Wildman–Crippen LogP) is 3.88. The van der Waals surface area contributed by atoms with Gasteiger partial charge in [-0.1, -0.05) is 17.7 Å². The van der Waals surface area contributed by atoms with Crippen molar-refractivity contribution in [2.24, 2.45) is 11.8 Å². The third kappa shape index (κ3) is 4.42. The molecule has 0 N–H and O–H groups in total. The smallest absolute Gasteiger partial charge is 0.255 e. The van der Waals surface area contributed by atoms with Crippen molar-refractivity contribution in [3.63, 3.8) is 0 Å². The van der Waals surface area contributed by atoms with Crippen LogP contribution in [0.25, 0.3) is 5.69 Å². The van der Waals surface area contributed by atoms with E-state index in [2.05, 4.69) is 15.0 Å². The Morgan fingerprint density at radius 3 is 2.44 bits per heavy atom. The Balaban J connectivity index is 1.35. The van der Waals surface area contributed by atoms with Crippen molar-refractivity contribution in [2.75, 3.05) is 0 Å². The molecule has 0 radical (unpaired) electrons. The Kier molecular flexibility index (Phi) is 5.30. The van der Waals surface area contributed by atoms with Crippen molar-refractivity contribution in [2.45, 2.75) is 32.1 Å². The van der Waals surface area contributed by atoms with Crippen LogP contribution >= 0.6 is 11.6 Å². The zero-order valence-electron chi connectivity index (χ0n) is 15.0. The molecule has 0 aromatic carbocycles. The average Bonchev–Trinajstić information content (AvgIpc) is 3.12. The fourth-order valence-electron chi connectivity index (χ4n) is 3.87. The number of pyridine rings is 2. The molecule has 0 unspecified atom stereocenters. The summed E-state index contributed by atoms with van der Waals surface area (Å²) in [5.74, 6) is 2.14. The van der Waals surface area contributed by atoms with Gasteiger partial charge in [0.15, 0.2) is 0 Å². The zero-order valence-corrected chi connectivity index (χ0v) is 15.7. The van der Waals surface area contributed by atoms with E-state index >= 15 is 0 Å². The summed E-state index contributed by atoms with van der Waals surface area (Å²) in [4.78, 5) is 25.1. The van der Waals surface area contributed by atoms with Gasteiger partial charge >= 0.3 is 0 Å². The molecule has 1 aliphatic carbocycles. The monoisotopic (exact) mass is 380 g/mol. The molecule has 27 heavy (non-hydrogen) atoms. The first-order valence-electron chi connectivity index (χ1n) is 9.27. The van der Waals surface area contributed by atoms with Crippen molar-refractivity contribution in [1.29, 1.82) is 0 Å². The fraction of sp³-hybridized carbons (Fsp3) is 0.333. The predicted molar refractivity (Wildman–Crippen MR) is 105 cm³/mol. The van der Waals surface area contributed by atoms with Gasteiger partial charge in [0.25, 0.3) is 5.56 Å². The van der Waals surface area contributed by atoms with Crippen LogP contribution in [0.2, 0.25) is 5.02 Å². The molecule has 0 saturated heterocycles. The second-order valence-corrected chi connectivity index (χ2v) is 7.62. The summed E-state index contributed by atoms with van der Waals surface area (Å²) in [6.45, 7) is 0. The first kappa shape index (κ1) is 17.9. The highest BCUT2D eigenvalue weighted by molar-refractivity contribution is 6.30. The normalized spacial score (nSPS) is 19.3. The summed E-state index contributed by atoms with van der Waals surface area (Å²) >= 11 is 5.85. The highest BCUT2D eigenvalue weighted by Gasteiger charge is 2.26. The Morgan fingerprint density at radius 2 is 1.74 bits per heavy atom. The molecule has 1 saturated carbocycles. The third-order valence-corrected chi connectivity index (χ3v) is 5.40. The maximum atomic E-state index is 11.9. The Bertz CT molecular complexity index is 953. The fourth-order valence-corrected chi connectivity index (χ4v) is 3.97. The molecule has 5 nitrogen and oxygen atoms in total. The molecule has 0 spiro atoms. The minimum absolute atomic E-state index is 0.0462. The van der Waals surface area contributed by atoms with E-state index in [0.717, 1.165) is 30.0 Å². The van der Waals surface area contributed by atoms with Crippen LogP contribution in [0.5, 0.6) is 0 Å². The molecule has 0 amide bonds. The van der Waals surface area contributed by atoms with E-state index in [1.165, 1.54) is 19.3 Å². The second kappa shape index (κ2) is 8.01. The van der Waals surface area contributed by atoms with Crippen LogP contribution in [0.3, 0.4) is 0 Å². The molecular formula is C21H21ClN4O. The van der Waals surface area contributed by atoms with Crippen molar-refractivity contribution >= 4 is 11.6 Å². The third-order valence-electron chi connectivity index (χ3n) is 5.20. The van der Waals surface area contributed by atoms with E-state index in [9.17, 15) is 4.79 Å². The first-order valence-corrected chi connectivity index (χ1v) is 9.64. The summed E-state index contributed by atoms with van der Waals surface area (Å²) in [5, 5.41) is 0.579. The van der Waals surface area contributed by atoms with Gasteiger partial charge in [-0.25, -0.2) is 9.97 Å². The number of aromatic nitrogens is 4. The molecule has 2 atom stereocenters. The lowest BCUT2D eigenvalue weighted by molar-refractivity contribution is 0.476. The Labute approximate surface area is 163 Å². The molecule has 1 aliphatic rings. The minimum atomic E-state index is -0.0462. The molecule has 3 heterocycles. The van der Waals surface area contributed by atoms with Gasteiger partial charge in [-0.15, -0.1) is 0 Å². The lowest BCUT2D eigenvalue weighted by atomic mass is 9.97. The largest absolute Gasteiger partial charge is 0.283 e. The molecule has 0 aliphatic heterocycles. The first-order chi connectivity index (χ1) is 13.2. The van der Waals surface area contributed by atoms with Gasteiger partial charge in [-0.2, -0.15) is 0 Å². The maximum absolute atomic E-state index is 11.9. The summed E-state index contributed by atoms with van der Waals surface area (Å²) in [5.41, 5.74) is 1.83. The summed E-state index contributed by atoms with van der Waals surface area (Å²) in [7, 11) is 0. The van der Waals surface area contributed by atoms with Crippen molar-refractivity contribution in [3.05, 3.63) is 82.0 Å². The van der Waals surface area contributed by atoms with E-state index in [1.807, 2.05) is 18.2 Å². The molecule has 1 fully saturated rings. The highest BCUT2D eigenvalue weighted by atomic mass is 35.5. The van der Waals surface area contributed by atoms with Crippen LogP contribution in [0.1, 0.15) is 30.8 Å². The topological polar surface area (TPSA) is 60.7 Å². The van der Waals surface area contributed by atoms with E-state index in [1.54, 1.807) is 41.5 Å². The number of halogens is 1. The van der Waals surface area contributed by atoms with Crippen LogP contribution < -0.4 is 5.56 Å². The maximum Gasteiger partial charge on any atom is 0.255 e. The zero-order chi connectivity index (χ0) is 18.6. The van der Waals surface area contributed by atoms with Gasteiger partial charge in [-0.3, -0.25) is 14.3 Å². The van der Waals surface area contributed by atoms with Gasteiger partial charge in [0, 0.05) is 36.8 Å². The van der Waals surface area contributed by atoms with Crippen LogP contribution in [-0.2, 0) is 12.8 Å². The summed E-state index contributed by atoms with van der Waals surface area (Å²) in [6, 6.07) is 9.14. The SMILES string of the molecule is O=c1ccccn1-c1ccc(C[C@H]2CC[C@H](Cc3ncc(Cl)cn3)C2)nc1. The van der Waals surface area contributed by atoms with Crippen molar-refractivity contribution in [3.8, 4) is 5.69 Å². The number of nitrogens with zero attached hydrogens (tertiary/aromatic N) is 4. The van der Waals surface area contributed by atoms with E-state index < -0.39 is 0 Å². The molecule has 0 bridgehead atoms. The van der Waals surface area contributed by atoms with Crippen LogP contribution in [0.4, 0.5) is 0 Å². The van der Waals surface area contributed by atoms with Gasteiger partial charge in [0.05, 0.1) is 16.9 Å². The molecule has 4 rings (SSSR count). The molecule has 138 valence electrons. The molecular weight excluding hydrogens is 360 g/mol. The standard InChI is InChI=1S/C21H21ClN4O/c22-17-12-24-20(25-13-17)11-16-5-4-15(9-16)10-18-6-7-19(14-23-18)26-8-2-1-3-21(26)27/h1-3,6-8,12-16H,4-5,9-11H2/t15-,16-/m0/s1.